The van der Waals surface area contributed by atoms with Gasteiger partial charge in [-0.25, -0.2) is 0 Å². The van der Waals surface area contributed by atoms with Crippen molar-refractivity contribution in [3.63, 3.8) is 0 Å². The zero-order chi connectivity index (χ0) is 18.4. The van der Waals surface area contributed by atoms with Crippen molar-refractivity contribution in [2.45, 2.75) is 0 Å². The van der Waals surface area contributed by atoms with E-state index in [0.29, 0.717) is 48.9 Å². The molecule has 1 amide bonds. The Morgan fingerprint density at radius 3 is 2.50 bits per heavy atom. The molecule has 0 N–H and O–H groups in total. The molecule has 136 valence electrons. The van der Waals surface area contributed by atoms with Crippen molar-refractivity contribution in [1.82, 2.24) is 4.90 Å². The van der Waals surface area contributed by atoms with Gasteiger partial charge >= 0.3 is 0 Å². The third kappa shape index (κ3) is 4.21. The Labute approximate surface area is 152 Å². The van der Waals surface area contributed by atoms with Gasteiger partial charge in [-0.3, -0.25) is 9.59 Å². The van der Waals surface area contributed by atoms with Crippen molar-refractivity contribution in [2.75, 3.05) is 40.0 Å². The highest BCUT2D eigenvalue weighted by Crippen LogP contribution is 2.27. The first-order valence-electron chi connectivity index (χ1n) is 8.45. The van der Waals surface area contributed by atoms with E-state index in [1.54, 1.807) is 47.4 Å². The van der Waals surface area contributed by atoms with Crippen LogP contribution in [-0.2, 0) is 9.53 Å². The maximum Gasteiger partial charge on any atom is 0.260 e. The Morgan fingerprint density at radius 1 is 1.08 bits per heavy atom. The predicted molar refractivity (Wildman–Crippen MR) is 95.8 cm³/mol. The molecule has 0 bridgehead atoms. The Hall–Kier alpha value is -2.86. The van der Waals surface area contributed by atoms with Crippen LogP contribution in [0.15, 0.2) is 48.5 Å². The van der Waals surface area contributed by atoms with Crippen molar-refractivity contribution in [1.29, 1.82) is 0 Å². The molecule has 3 rings (SSSR count). The number of hydrogen-bond donors (Lipinski definition) is 0. The molecule has 1 heterocycles. The van der Waals surface area contributed by atoms with Crippen molar-refractivity contribution in [3.8, 4) is 11.5 Å². The Morgan fingerprint density at radius 2 is 1.81 bits per heavy atom. The lowest BCUT2D eigenvalue weighted by atomic mass is 10.0. The summed E-state index contributed by atoms with van der Waals surface area (Å²) in [5, 5.41) is 0. The monoisotopic (exact) mass is 355 g/mol. The molecule has 0 aliphatic carbocycles. The zero-order valence-electron chi connectivity index (χ0n) is 14.6. The van der Waals surface area contributed by atoms with E-state index in [1.807, 2.05) is 6.07 Å². The molecule has 1 fully saturated rings. The lowest BCUT2D eigenvalue weighted by molar-refractivity contribution is -0.137. The van der Waals surface area contributed by atoms with Gasteiger partial charge in [0.15, 0.2) is 12.4 Å². The van der Waals surface area contributed by atoms with Crippen LogP contribution in [0.25, 0.3) is 0 Å². The molecule has 6 heteroatoms. The van der Waals surface area contributed by atoms with Crippen LogP contribution in [0.2, 0.25) is 0 Å². The van der Waals surface area contributed by atoms with Gasteiger partial charge in [0.25, 0.3) is 5.91 Å². The molecule has 0 spiro atoms. The second kappa shape index (κ2) is 8.49. The van der Waals surface area contributed by atoms with E-state index >= 15 is 0 Å². The van der Waals surface area contributed by atoms with Crippen molar-refractivity contribution < 1.29 is 23.8 Å². The molecular formula is C20H21NO5. The van der Waals surface area contributed by atoms with Crippen LogP contribution in [0.3, 0.4) is 0 Å². The Kier molecular flexibility index (Phi) is 5.86. The predicted octanol–water partition coefficient (Wildman–Crippen LogP) is 2.16. The van der Waals surface area contributed by atoms with Crippen molar-refractivity contribution in [3.05, 3.63) is 59.7 Å². The first-order valence-corrected chi connectivity index (χ1v) is 8.45. The van der Waals surface area contributed by atoms with E-state index in [9.17, 15) is 9.59 Å². The number of carbonyl (C=O) groups is 2. The standard InChI is InChI=1S/C20H21NO5/c1-24-16-7-8-17(20(23)15-5-3-2-4-6-15)18(13-16)26-14-19(22)21-9-11-25-12-10-21/h2-8,13H,9-12,14H2,1H3. The van der Waals surface area contributed by atoms with Gasteiger partial charge in [0, 0.05) is 24.7 Å². The number of hydrogen-bond acceptors (Lipinski definition) is 5. The summed E-state index contributed by atoms with van der Waals surface area (Å²) in [5.41, 5.74) is 0.953. The molecule has 0 aromatic heterocycles. The molecule has 0 atom stereocenters. The quantitative estimate of drug-likeness (QED) is 0.743. The van der Waals surface area contributed by atoms with Crippen LogP contribution < -0.4 is 9.47 Å². The van der Waals surface area contributed by atoms with Gasteiger partial charge in [-0.2, -0.15) is 0 Å². The number of methoxy groups -OCH3 is 1. The molecule has 0 saturated carbocycles. The van der Waals surface area contributed by atoms with Crippen LogP contribution in [0.5, 0.6) is 11.5 Å². The van der Waals surface area contributed by atoms with Crippen LogP contribution in [0.1, 0.15) is 15.9 Å². The fourth-order valence-electron chi connectivity index (χ4n) is 2.73. The molecule has 0 radical (unpaired) electrons. The summed E-state index contributed by atoms with van der Waals surface area (Å²) < 4.78 is 16.2. The number of ketones is 1. The van der Waals surface area contributed by atoms with E-state index < -0.39 is 0 Å². The largest absolute Gasteiger partial charge is 0.497 e. The third-order valence-corrected chi connectivity index (χ3v) is 4.18. The number of benzene rings is 2. The summed E-state index contributed by atoms with van der Waals surface area (Å²) in [6.45, 7) is 2.03. The van der Waals surface area contributed by atoms with E-state index in [1.165, 1.54) is 7.11 Å². The van der Waals surface area contributed by atoms with Crippen LogP contribution >= 0.6 is 0 Å². The van der Waals surface area contributed by atoms with Crippen molar-refractivity contribution in [2.24, 2.45) is 0 Å². The molecule has 26 heavy (non-hydrogen) atoms. The minimum atomic E-state index is -0.165. The number of carbonyl (C=O) groups excluding carboxylic acids is 2. The molecule has 6 nitrogen and oxygen atoms in total. The summed E-state index contributed by atoms with van der Waals surface area (Å²) >= 11 is 0. The van der Waals surface area contributed by atoms with Gasteiger partial charge in [0.1, 0.15) is 11.5 Å². The number of rotatable bonds is 6. The fraction of sp³-hybridized carbons (Fsp3) is 0.300. The highest BCUT2D eigenvalue weighted by molar-refractivity contribution is 6.10. The summed E-state index contributed by atoms with van der Waals surface area (Å²) in [5.74, 6) is 0.597. The molecule has 1 aliphatic rings. The topological polar surface area (TPSA) is 65.1 Å². The number of nitrogens with zero attached hydrogens (tertiary/aromatic N) is 1. The first-order chi connectivity index (χ1) is 12.7. The summed E-state index contributed by atoms with van der Waals surface area (Å²) in [6, 6.07) is 13.9. The molecular weight excluding hydrogens is 334 g/mol. The average molecular weight is 355 g/mol. The van der Waals surface area contributed by atoms with Gasteiger partial charge in [-0.15, -0.1) is 0 Å². The van der Waals surface area contributed by atoms with E-state index in [0.717, 1.165) is 0 Å². The number of amides is 1. The SMILES string of the molecule is COc1ccc(C(=O)c2ccccc2)c(OCC(=O)N2CCOCC2)c1. The molecule has 1 aliphatic heterocycles. The van der Waals surface area contributed by atoms with Crippen LogP contribution in [0.4, 0.5) is 0 Å². The number of ether oxygens (including phenoxy) is 3. The maximum absolute atomic E-state index is 12.8. The molecule has 1 saturated heterocycles. The fourth-order valence-corrected chi connectivity index (χ4v) is 2.73. The summed E-state index contributed by atoms with van der Waals surface area (Å²) in [4.78, 5) is 26.8. The highest BCUT2D eigenvalue weighted by Gasteiger charge is 2.20. The highest BCUT2D eigenvalue weighted by atomic mass is 16.5. The second-order valence-corrected chi connectivity index (χ2v) is 5.84. The maximum atomic E-state index is 12.8. The third-order valence-electron chi connectivity index (χ3n) is 4.18. The van der Waals surface area contributed by atoms with Gasteiger partial charge in [-0.05, 0) is 12.1 Å². The van der Waals surface area contributed by atoms with Crippen LogP contribution in [-0.4, -0.2) is 56.6 Å². The van der Waals surface area contributed by atoms with Gasteiger partial charge in [-0.1, -0.05) is 30.3 Å². The summed E-state index contributed by atoms with van der Waals surface area (Å²) in [7, 11) is 1.54. The van der Waals surface area contributed by atoms with Gasteiger partial charge in [0.2, 0.25) is 0 Å². The van der Waals surface area contributed by atoms with Crippen LogP contribution in [0, 0.1) is 0 Å². The molecule has 2 aromatic carbocycles. The smallest absolute Gasteiger partial charge is 0.260 e. The van der Waals surface area contributed by atoms with Gasteiger partial charge in [0.05, 0.1) is 25.9 Å². The van der Waals surface area contributed by atoms with Gasteiger partial charge < -0.3 is 19.1 Å². The minimum absolute atomic E-state index is 0.130. The molecule has 2 aromatic rings. The zero-order valence-corrected chi connectivity index (χ0v) is 14.6. The normalized spacial score (nSPS) is 14.0. The Bertz CT molecular complexity index is 769. The lowest BCUT2D eigenvalue weighted by Crippen LogP contribution is -2.43. The Balaban J connectivity index is 1.78. The minimum Gasteiger partial charge on any atom is -0.497 e. The molecule has 0 unspecified atom stereocenters. The average Bonchev–Trinajstić information content (AvgIpc) is 2.72. The number of morpholine rings is 1. The summed E-state index contributed by atoms with van der Waals surface area (Å²) in [6.07, 6.45) is 0. The second-order valence-electron chi connectivity index (χ2n) is 5.84. The first kappa shape index (κ1) is 17.9. The van der Waals surface area contributed by atoms with Crippen molar-refractivity contribution >= 4 is 11.7 Å². The van der Waals surface area contributed by atoms with E-state index in [-0.39, 0.29) is 18.3 Å². The van der Waals surface area contributed by atoms with E-state index in [4.69, 9.17) is 14.2 Å². The lowest BCUT2D eigenvalue weighted by Gasteiger charge is -2.26. The van der Waals surface area contributed by atoms with E-state index in [2.05, 4.69) is 0 Å².